The largest absolute Gasteiger partial charge is 0.396 e. The van der Waals surface area contributed by atoms with Gasteiger partial charge in [-0.3, -0.25) is 4.79 Å². The van der Waals surface area contributed by atoms with E-state index in [1.807, 2.05) is 0 Å². The number of likely N-dealkylation sites (tertiary alicyclic amines) is 2. The first-order valence-corrected chi connectivity index (χ1v) is 8.88. The smallest absolute Gasteiger partial charge is 0.226 e. The SMILES string of the molecule is CN1CCC2(CCN(C(=O)CC3=CCCC3)CC2)C(CO)C1. The fourth-order valence-electron chi connectivity index (χ4n) is 4.59. The van der Waals surface area contributed by atoms with Crippen molar-refractivity contribution in [1.29, 1.82) is 0 Å². The summed E-state index contributed by atoms with van der Waals surface area (Å²) in [5, 5.41) is 9.78. The van der Waals surface area contributed by atoms with E-state index in [0.29, 0.717) is 18.2 Å². The van der Waals surface area contributed by atoms with Gasteiger partial charge in [-0.25, -0.2) is 0 Å². The lowest BCUT2D eigenvalue weighted by Gasteiger charge is -2.51. The van der Waals surface area contributed by atoms with E-state index < -0.39 is 0 Å². The number of aliphatic hydroxyl groups is 1. The van der Waals surface area contributed by atoms with E-state index in [1.54, 1.807) is 0 Å². The molecule has 0 bridgehead atoms. The lowest BCUT2D eigenvalue weighted by Crippen LogP contribution is -2.53. The summed E-state index contributed by atoms with van der Waals surface area (Å²) >= 11 is 0. The van der Waals surface area contributed by atoms with Crippen LogP contribution >= 0.6 is 0 Å². The number of carbonyl (C=O) groups excluding carboxylic acids is 1. The van der Waals surface area contributed by atoms with E-state index >= 15 is 0 Å². The zero-order chi connectivity index (χ0) is 15.6. The highest BCUT2D eigenvalue weighted by Gasteiger charge is 2.44. The summed E-state index contributed by atoms with van der Waals surface area (Å²) in [5.74, 6) is 0.692. The molecule has 0 radical (unpaired) electrons. The number of carbonyl (C=O) groups is 1. The first-order chi connectivity index (χ1) is 10.6. The molecule has 1 unspecified atom stereocenters. The Labute approximate surface area is 134 Å². The van der Waals surface area contributed by atoms with Gasteiger partial charge in [-0.1, -0.05) is 11.6 Å². The number of allylic oxidation sites excluding steroid dienone is 1. The minimum Gasteiger partial charge on any atom is -0.396 e. The maximum atomic E-state index is 12.5. The minimum atomic E-state index is 0.269. The third kappa shape index (κ3) is 3.23. The average Bonchev–Trinajstić information content (AvgIpc) is 3.03. The lowest BCUT2D eigenvalue weighted by molar-refractivity contribution is -0.134. The van der Waals surface area contributed by atoms with Gasteiger partial charge in [0.15, 0.2) is 0 Å². The Kier molecular flexibility index (Phi) is 4.88. The van der Waals surface area contributed by atoms with Crippen LogP contribution in [0.15, 0.2) is 11.6 Å². The average molecular weight is 306 g/mol. The molecule has 0 saturated carbocycles. The van der Waals surface area contributed by atoms with Crippen molar-refractivity contribution in [1.82, 2.24) is 9.80 Å². The summed E-state index contributed by atoms with van der Waals surface area (Å²) in [7, 11) is 2.14. The van der Waals surface area contributed by atoms with Crippen LogP contribution in [0.3, 0.4) is 0 Å². The fraction of sp³-hybridized carbons (Fsp3) is 0.833. The Morgan fingerprint density at radius 2 is 2.05 bits per heavy atom. The Morgan fingerprint density at radius 1 is 1.32 bits per heavy atom. The van der Waals surface area contributed by atoms with E-state index in [4.69, 9.17) is 0 Å². The van der Waals surface area contributed by atoms with Crippen LogP contribution in [0.25, 0.3) is 0 Å². The van der Waals surface area contributed by atoms with Crippen molar-refractivity contribution in [3.8, 4) is 0 Å². The zero-order valence-corrected chi connectivity index (χ0v) is 13.9. The Bertz CT molecular complexity index is 438. The zero-order valence-electron chi connectivity index (χ0n) is 13.9. The normalized spacial score (nSPS) is 28.9. The molecule has 0 aromatic rings. The van der Waals surface area contributed by atoms with Crippen molar-refractivity contribution in [3.63, 3.8) is 0 Å². The van der Waals surface area contributed by atoms with Gasteiger partial charge in [-0.05, 0) is 57.5 Å². The van der Waals surface area contributed by atoms with Crippen molar-refractivity contribution in [2.24, 2.45) is 11.3 Å². The molecule has 1 atom stereocenters. The molecule has 0 aromatic carbocycles. The standard InChI is InChI=1S/C18H30N2O2/c1-19-9-6-18(16(13-19)14-21)7-10-20(11-8-18)17(22)12-15-4-2-3-5-15/h4,16,21H,2-3,5-14H2,1H3. The maximum Gasteiger partial charge on any atom is 0.226 e. The van der Waals surface area contributed by atoms with Crippen LogP contribution in [0.1, 0.15) is 44.9 Å². The monoisotopic (exact) mass is 306 g/mol. The number of nitrogens with zero attached hydrogens (tertiary/aromatic N) is 2. The summed E-state index contributed by atoms with van der Waals surface area (Å²) in [6.45, 7) is 4.17. The second kappa shape index (κ2) is 6.71. The van der Waals surface area contributed by atoms with Crippen molar-refractivity contribution in [2.75, 3.05) is 39.8 Å². The summed E-state index contributed by atoms with van der Waals surface area (Å²) in [6, 6.07) is 0. The minimum absolute atomic E-state index is 0.269. The van der Waals surface area contributed by atoms with Gasteiger partial charge in [-0.15, -0.1) is 0 Å². The van der Waals surface area contributed by atoms with E-state index in [1.165, 1.54) is 18.4 Å². The predicted molar refractivity (Wildman–Crippen MR) is 87.5 cm³/mol. The van der Waals surface area contributed by atoms with Crippen molar-refractivity contribution < 1.29 is 9.90 Å². The second-order valence-corrected chi connectivity index (χ2v) is 7.57. The molecule has 2 heterocycles. The van der Waals surface area contributed by atoms with E-state index in [0.717, 1.165) is 51.9 Å². The molecule has 1 spiro atoms. The van der Waals surface area contributed by atoms with Gasteiger partial charge in [0.2, 0.25) is 5.91 Å². The lowest BCUT2D eigenvalue weighted by atomic mass is 9.64. The van der Waals surface area contributed by atoms with Gasteiger partial charge in [0.05, 0.1) is 0 Å². The number of hydrogen-bond donors (Lipinski definition) is 1. The van der Waals surface area contributed by atoms with Crippen LogP contribution in [-0.4, -0.2) is 60.6 Å². The van der Waals surface area contributed by atoms with E-state index in [-0.39, 0.29) is 12.0 Å². The summed E-state index contributed by atoms with van der Waals surface area (Å²) < 4.78 is 0. The van der Waals surface area contributed by atoms with Gasteiger partial charge >= 0.3 is 0 Å². The molecule has 2 fully saturated rings. The molecule has 1 amide bonds. The van der Waals surface area contributed by atoms with Crippen molar-refractivity contribution in [2.45, 2.75) is 44.9 Å². The molecule has 22 heavy (non-hydrogen) atoms. The molecule has 4 heteroatoms. The molecule has 4 nitrogen and oxygen atoms in total. The summed E-state index contributed by atoms with van der Waals surface area (Å²) in [4.78, 5) is 16.9. The first kappa shape index (κ1) is 16.0. The Hall–Kier alpha value is -0.870. The molecule has 124 valence electrons. The third-order valence-corrected chi connectivity index (χ3v) is 6.24. The first-order valence-electron chi connectivity index (χ1n) is 8.88. The number of amides is 1. The van der Waals surface area contributed by atoms with E-state index in [9.17, 15) is 9.90 Å². The molecule has 2 aliphatic heterocycles. The molecule has 3 rings (SSSR count). The topological polar surface area (TPSA) is 43.8 Å². The Balaban J connectivity index is 1.56. The highest BCUT2D eigenvalue weighted by Crippen LogP contribution is 2.45. The van der Waals surface area contributed by atoms with Crippen molar-refractivity contribution in [3.05, 3.63) is 11.6 Å². The van der Waals surface area contributed by atoms with Crippen molar-refractivity contribution >= 4 is 5.91 Å². The van der Waals surface area contributed by atoms with Crippen LogP contribution in [0, 0.1) is 11.3 Å². The van der Waals surface area contributed by atoms with Gasteiger partial charge in [0.1, 0.15) is 0 Å². The van der Waals surface area contributed by atoms with Crippen LogP contribution in [0.5, 0.6) is 0 Å². The summed E-state index contributed by atoms with van der Waals surface area (Å²) in [5.41, 5.74) is 1.61. The third-order valence-electron chi connectivity index (χ3n) is 6.24. The van der Waals surface area contributed by atoms with Gasteiger partial charge in [0, 0.05) is 38.6 Å². The molecular weight excluding hydrogens is 276 g/mol. The number of aliphatic hydroxyl groups excluding tert-OH is 1. The fourth-order valence-corrected chi connectivity index (χ4v) is 4.59. The van der Waals surface area contributed by atoms with Crippen LogP contribution in [0.4, 0.5) is 0 Å². The Morgan fingerprint density at radius 3 is 2.68 bits per heavy atom. The van der Waals surface area contributed by atoms with Gasteiger partial charge in [-0.2, -0.15) is 0 Å². The maximum absolute atomic E-state index is 12.5. The van der Waals surface area contributed by atoms with Gasteiger partial charge in [0.25, 0.3) is 0 Å². The number of rotatable bonds is 3. The quantitative estimate of drug-likeness (QED) is 0.812. The van der Waals surface area contributed by atoms with Crippen LogP contribution in [0.2, 0.25) is 0 Å². The molecule has 1 aliphatic carbocycles. The molecular formula is C18H30N2O2. The highest BCUT2D eigenvalue weighted by atomic mass is 16.3. The number of piperidine rings is 2. The van der Waals surface area contributed by atoms with Crippen LogP contribution < -0.4 is 0 Å². The van der Waals surface area contributed by atoms with E-state index in [2.05, 4.69) is 22.9 Å². The molecule has 1 N–H and O–H groups in total. The highest BCUT2D eigenvalue weighted by molar-refractivity contribution is 5.78. The molecule has 3 aliphatic rings. The number of hydrogen-bond acceptors (Lipinski definition) is 3. The summed E-state index contributed by atoms with van der Waals surface area (Å²) in [6.07, 6.45) is 9.67. The van der Waals surface area contributed by atoms with Gasteiger partial charge < -0.3 is 14.9 Å². The molecule has 2 saturated heterocycles. The predicted octanol–water partition coefficient (Wildman–Crippen LogP) is 2.04. The second-order valence-electron chi connectivity index (χ2n) is 7.57. The molecule has 0 aromatic heterocycles. The van der Waals surface area contributed by atoms with Crippen LogP contribution in [-0.2, 0) is 4.79 Å².